The van der Waals surface area contributed by atoms with E-state index >= 15 is 0 Å². The van der Waals surface area contributed by atoms with Crippen molar-refractivity contribution < 1.29 is 18.0 Å². The van der Waals surface area contributed by atoms with Gasteiger partial charge in [-0.3, -0.25) is 13.9 Å². The van der Waals surface area contributed by atoms with Crippen LogP contribution in [0.5, 0.6) is 0 Å². The minimum absolute atomic E-state index is 0.0442. The van der Waals surface area contributed by atoms with E-state index in [0.717, 1.165) is 10.6 Å². The van der Waals surface area contributed by atoms with Crippen molar-refractivity contribution in [2.45, 2.75) is 39.8 Å². The van der Waals surface area contributed by atoms with Crippen molar-refractivity contribution in [2.24, 2.45) is 0 Å². The molecule has 2 aromatic carbocycles. The van der Waals surface area contributed by atoms with Crippen molar-refractivity contribution in [2.75, 3.05) is 23.7 Å². The summed E-state index contributed by atoms with van der Waals surface area (Å²) in [4.78, 5) is 27.7. The Hall–Kier alpha value is -2.00. The number of halogens is 3. The molecule has 0 heterocycles. The van der Waals surface area contributed by atoms with Crippen LogP contribution in [0.1, 0.15) is 31.4 Å². The number of benzene rings is 2. The molecule has 1 N–H and O–H groups in total. The highest BCUT2D eigenvalue weighted by atomic mass is 35.5. The summed E-state index contributed by atoms with van der Waals surface area (Å²) >= 11 is 18.2. The highest BCUT2D eigenvalue weighted by Crippen LogP contribution is 2.27. The summed E-state index contributed by atoms with van der Waals surface area (Å²) in [5.41, 5.74) is 1.58. The van der Waals surface area contributed by atoms with Crippen molar-refractivity contribution in [3.05, 3.63) is 62.6 Å². The van der Waals surface area contributed by atoms with Crippen molar-refractivity contribution in [1.82, 2.24) is 10.2 Å². The Labute approximate surface area is 216 Å². The molecule has 0 aromatic heterocycles. The molecular formula is C23H28Cl3N3O4S. The molecule has 0 radical (unpaired) electrons. The number of nitrogens with zero attached hydrogens (tertiary/aromatic N) is 2. The zero-order chi connectivity index (χ0) is 25.6. The molecule has 0 saturated heterocycles. The molecular weight excluding hydrogens is 521 g/mol. The second kappa shape index (κ2) is 12.1. The quantitative estimate of drug-likeness (QED) is 0.468. The van der Waals surface area contributed by atoms with E-state index in [1.807, 2.05) is 0 Å². The van der Waals surface area contributed by atoms with E-state index in [9.17, 15) is 18.0 Å². The van der Waals surface area contributed by atoms with Gasteiger partial charge in [0.25, 0.3) is 0 Å². The summed E-state index contributed by atoms with van der Waals surface area (Å²) in [6.45, 7) is 5.22. The molecule has 0 aliphatic heterocycles. The summed E-state index contributed by atoms with van der Waals surface area (Å²) in [6, 6.07) is 8.85. The fourth-order valence-electron chi connectivity index (χ4n) is 3.54. The highest BCUT2D eigenvalue weighted by molar-refractivity contribution is 7.92. The Bertz CT molecular complexity index is 1160. The lowest BCUT2D eigenvalue weighted by Crippen LogP contribution is -2.52. The van der Waals surface area contributed by atoms with Crippen LogP contribution in [0.25, 0.3) is 0 Å². The molecule has 11 heteroatoms. The molecule has 0 aliphatic rings. The molecule has 1 unspecified atom stereocenters. The second-order valence-corrected chi connectivity index (χ2v) is 10.9. The number of hydrogen-bond donors (Lipinski definition) is 1. The van der Waals surface area contributed by atoms with Gasteiger partial charge < -0.3 is 10.2 Å². The van der Waals surface area contributed by atoms with Gasteiger partial charge in [-0.05, 0) is 61.7 Å². The Balaban J connectivity index is 2.48. The third-order valence-electron chi connectivity index (χ3n) is 5.18. The van der Waals surface area contributed by atoms with Crippen LogP contribution >= 0.6 is 34.8 Å². The lowest BCUT2D eigenvalue weighted by molar-refractivity contribution is -0.140. The molecule has 0 aliphatic carbocycles. The molecule has 0 saturated carbocycles. The number of nitrogens with one attached hydrogen (secondary N) is 1. The van der Waals surface area contributed by atoms with E-state index in [1.165, 1.54) is 4.90 Å². The average molecular weight is 549 g/mol. The predicted molar refractivity (Wildman–Crippen MR) is 138 cm³/mol. The van der Waals surface area contributed by atoms with Crippen molar-refractivity contribution in [1.29, 1.82) is 0 Å². The predicted octanol–water partition coefficient (Wildman–Crippen LogP) is 4.66. The van der Waals surface area contributed by atoms with E-state index < -0.39 is 28.5 Å². The van der Waals surface area contributed by atoms with Gasteiger partial charge in [-0.15, -0.1) is 0 Å². The molecule has 7 nitrogen and oxygen atoms in total. The number of hydrogen-bond acceptors (Lipinski definition) is 4. The van der Waals surface area contributed by atoms with Crippen LogP contribution in [-0.2, 0) is 26.2 Å². The Morgan fingerprint density at radius 3 is 2.24 bits per heavy atom. The fraction of sp³-hybridized carbons (Fsp3) is 0.391. The van der Waals surface area contributed by atoms with Crippen molar-refractivity contribution in [3.63, 3.8) is 0 Å². The Kier molecular flexibility index (Phi) is 10.1. The number of likely N-dealkylation sites (N-methyl/N-ethyl adjacent to an activating group) is 1. The van der Waals surface area contributed by atoms with Gasteiger partial charge in [0.1, 0.15) is 12.6 Å². The van der Waals surface area contributed by atoms with Crippen LogP contribution in [0.4, 0.5) is 5.69 Å². The first kappa shape index (κ1) is 28.2. The molecule has 1 atom stereocenters. The first-order valence-electron chi connectivity index (χ1n) is 10.6. The molecule has 0 bridgehead atoms. The van der Waals surface area contributed by atoms with Gasteiger partial charge in [-0.1, -0.05) is 47.8 Å². The summed E-state index contributed by atoms with van der Waals surface area (Å²) in [6.07, 6.45) is 1.36. The summed E-state index contributed by atoms with van der Waals surface area (Å²) in [5, 5.41) is 3.86. The highest BCUT2D eigenvalue weighted by Gasteiger charge is 2.32. The number of sulfonamides is 1. The number of anilines is 1. The maximum Gasteiger partial charge on any atom is 0.244 e. The van der Waals surface area contributed by atoms with Gasteiger partial charge in [-0.25, -0.2) is 8.42 Å². The molecule has 2 rings (SSSR count). The van der Waals surface area contributed by atoms with Gasteiger partial charge in [0.15, 0.2) is 0 Å². The summed E-state index contributed by atoms with van der Waals surface area (Å²) in [7, 11) is -3.83. The third-order valence-corrected chi connectivity index (χ3v) is 7.28. The second-order valence-electron chi connectivity index (χ2n) is 7.79. The monoisotopic (exact) mass is 547 g/mol. The molecule has 2 aromatic rings. The van der Waals surface area contributed by atoms with E-state index in [4.69, 9.17) is 34.8 Å². The fourth-order valence-corrected chi connectivity index (χ4v) is 4.99. The summed E-state index contributed by atoms with van der Waals surface area (Å²) in [5.74, 6) is -0.865. The van der Waals surface area contributed by atoms with Crippen molar-refractivity contribution in [3.8, 4) is 0 Å². The van der Waals surface area contributed by atoms with Crippen LogP contribution in [0.15, 0.2) is 36.4 Å². The molecule has 2 amide bonds. The topological polar surface area (TPSA) is 86.8 Å². The minimum Gasteiger partial charge on any atom is -0.355 e. The van der Waals surface area contributed by atoms with Crippen LogP contribution in [0.2, 0.25) is 15.1 Å². The minimum atomic E-state index is -3.83. The summed E-state index contributed by atoms with van der Waals surface area (Å²) < 4.78 is 26.3. The smallest absolute Gasteiger partial charge is 0.244 e. The number of carbonyl (C=O) groups is 2. The number of rotatable bonds is 10. The Morgan fingerprint density at radius 2 is 1.71 bits per heavy atom. The maximum absolute atomic E-state index is 13.6. The lowest BCUT2D eigenvalue weighted by Gasteiger charge is -2.33. The Morgan fingerprint density at radius 1 is 1.03 bits per heavy atom. The van der Waals surface area contributed by atoms with Crippen molar-refractivity contribution >= 4 is 62.3 Å². The molecule has 34 heavy (non-hydrogen) atoms. The van der Waals surface area contributed by atoms with E-state index in [1.54, 1.807) is 57.2 Å². The zero-order valence-corrected chi connectivity index (χ0v) is 22.5. The maximum atomic E-state index is 13.6. The van der Waals surface area contributed by atoms with Crippen LogP contribution < -0.4 is 9.62 Å². The van der Waals surface area contributed by atoms with E-state index in [2.05, 4.69) is 5.32 Å². The standard InChI is InChI=1S/C23H28Cl3N3O4S/c1-5-20(23(31)27-6-2)28(13-16-7-9-18(25)19(26)12-16)22(30)14-29(34(4,32)33)21-10-8-17(24)11-15(21)3/h7-12,20H,5-6,13-14H2,1-4H3,(H,27,31). The lowest BCUT2D eigenvalue weighted by atomic mass is 10.1. The molecule has 186 valence electrons. The average Bonchev–Trinajstić information content (AvgIpc) is 2.74. The number of carbonyl (C=O) groups excluding carboxylic acids is 2. The number of amides is 2. The van der Waals surface area contributed by atoms with Gasteiger partial charge in [0.2, 0.25) is 21.8 Å². The first-order chi connectivity index (χ1) is 15.9. The van der Waals surface area contributed by atoms with Gasteiger partial charge in [-0.2, -0.15) is 0 Å². The third kappa shape index (κ3) is 7.25. The normalized spacial score (nSPS) is 12.2. The van der Waals surface area contributed by atoms with E-state index in [0.29, 0.717) is 44.8 Å². The van der Waals surface area contributed by atoms with Crippen LogP contribution in [0.3, 0.4) is 0 Å². The number of aryl methyl sites for hydroxylation is 1. The molecule has 0 fully saturated rings. The van der Waals surface area contributed by atoms with Gasteiger partial charge >= 0.3 is 0 Å². The van der Waals surface area contributed by atoms with Gasteiger partial charge in [0.05, 0.1) is 22.0 Å². The SMILES string of the molecule is CCNC(=O)C(CC)N(Cc1ccc(Cl)c(Cl)c1)C(=O)CN(c1ccc(Cl)cc1C)S(C)(=O)=O. The zero-order valence-electron chi connectivity index (χ0n) is 19.4. The van der Waals surface area contributed by atoms with Gasteiger partial charge in [0, 0.05) is 18.1 Å². The van der Waals surface area contributed by atoms with Crippen LogP contribution in [0, 0.1) is 6.92 Å². The molecule has 0 spiro atoms. The first-order valence-corrected chi connectivity index (χ1v) is 13.6. The largest absolute Gasteiger partial charge is 0.355 e. The van der Waals surface area contributed by atoms with Crippen LogP contribution in [-0.4, -0.2) is 50.5 Å². The van der Waals surface area contributed by atoms with E-state index in [-0.39, 0.29) is 12.5 Å².